The highest BCUT2D eigenvalue weighted by Crippen LogP contribution is 2.30. The molecule has 9 heteroatoms. The van der Waals surface area contributed by atoms with Gasteiger partial charge in [-0.05, 0) is 36.4 Å². The van der Waals surface area contributed by atoms with Gasteiger partial charge in [0, 0.05) is 6.42 Å². The van der Waals surface area contributed by atoms with E-state index in [-0.39, 0.29) is 23.9 Å². The van der Waals surface area contributed by atoms with Gasteiger partial charge in [-0.1, -0.05) is 54.6 Å². The van der Waals surface area contributed by atoms with E-state index in [0.717, 1.165) is 0 Å². The van der Waals surface area contributed by atoms with Crippen LogP contribution < -0.4 is 0 Å². The largest absolute Gasteiger partial charge is 0.748 e. The Kier molecular flexibility index (Phi) is 8.65. The summed E-state index contributed by atoms with van der Waals surface area (Å²) < 4.78 is 39.2. The van der Waals surface area contributed by atoms with Crippen molar-refractivity contribution in [2.45, 2.75) is 27.2 Å². The van der Waals surface area contributed by atoms with Gasteiger partial charge in [0.05, 0.1) is 17.5 Å². The fraction of sp³-hybridized carbons (Fsp3) is 0.167. The van der Waals surface area contributed by atoms with Crippen LogP contribution in [0.25, 0.3) is 0 Å². The van der Waals surface area contributed by atoms with Crippen molar-refractivity contribution in [2.75, 3.05) is 12.4 Å². The van der Waals surface area contributed by atoms with Gasteiger partial charge in [-0.15, -0.1) is 0 Å². The zero-order valence-electron chi connectivity index (χ0n) is 17.5. The van der Waals surface area contributed by atoms with Crippen molar-refractivity contribution in [3.8, 4) is 0 Å². The number of rotatable bonds is 6. The maximum absolute atomic E-state index is 10.8. The summed E-state index contributed by atoms with van der Waals surface area (Å²) in [5.74, 6) is -3.22. The average molecular weight is 487 g/mol. The molecule has 0 aromatic heterocycles. The minimum absolute atomic E-state index is 0.0146. The summed E-state index contributed by atoms with van der Waals surface area (Å²) in [7, 11) is -4.67. The SMILES string of the molecule is O=C(CS(=O)(=O)[O-])OC1CCOC1=O.c1ccc([S+](c2ccccc2)c2ccccc2)cc1. The predicted molar refractivity (Wildman–Crippen MR) is 122 cm³/mol. The lowest BCUT2D eigenvalue weighted by Crippen LogP contribution is -2.27. The lowest BCUT2D eigenvalue weighted by atomic mass is 10.3. The van der Waals surface area contributed by atoms with Crippen molar-refractivity contribution in [2.24, 2.45) is 0 Å². The summed E-state index contributed by atoms with van der Waals surface area (Å²) in [6.07, 6.45) is -0.895. The van der Waals surface area contributed by atoms with Crippen LogP contribution in [0.5, 0.6) is 0 Å². The molecule has 1 fully saturated rings. The molecule has 0 spiro atoms. The van der Waals surface area contributed by atoms with Crippen LogP contribution >= 0.6 is 0 Å². The molecule has 1 aliphatic heterocycles. The van der Waals surface area contributed by atoms with E-state index >= 15 is 0 Å². The Labute approximate surface area is 195 Å². The highest BCUT2D eigenvalue weighted by molar-refractivity contribution is 7.97. The number of carbonyl (C=O) groups excluding carboxylic acids is 2. The molecular weight excluding hydrogens is 464 g/mol. The zero-order valence-corrected chi connectivity index (χ0v) is 19.2. The Morgan fingerprint density at radius 2 is 1.30 bits per heavy atom. The van der Waals surface area contributed by atoms with Crippen LogP contribution in [0.1, 0.15) is 6.42 Å². The molecule has 0 N–H and O–H groups in total. The molecule has 0 bridgehead atoms. The van der Waals surface area contributed by atoms with E-state index < -0.39 is 33.9 Å². The Morgan fingerprint density at radius 1 is 0.879 bits per heavy atom. The number of cyclic esters (lactones) is 1. The molecule has 1 unspecified atom stereocenters. The molecular formula is C24H22O7S2. The number of ether oxygens (including phenoxy) is 2. The molecule has 0 aliphatic carbocycles. The molecule has 1 saturated heterocycles. The topological polar surface area (TPSA) is 110 Å². The van der Waals surface area contributed by atoms with Gasteiger partial charge < -0.3 is 14.0 Å². The number of hydrogen-bond donors (Lipinski definition) is 0. The Morgan fingerprint density at radius 3 is 1.64 bits per heavy atom. The molecule has 1 atom stereocenters. The van der Waals surface area contributed by atoms with E-state index in [4.69, 9.17) is 0 Å². The minimum Gasteiger partial charge on any atom is -0.748 e. The van der Waals surface area contributed by atoms with Crippen LogP contribution in [-0.2, 0) is 40.1 Å². The van der Waals surface area contributed by atoms with E-state index in [1.807, 2.05) is 0 Å². The molecule has 1 aliphatic rings. The van der Waals surface area contributed by atoms with Crippen molar-refractivity contribution < 1.29 is 32.0 Å². The summed E-state index contributed by atoms with van der Waals surface area (Å²) in [5.41, 5.74) is 0. The predicted octanol–water partition coefficient (Wildman–Crippen LogP) is 3.17. The molecule has 3 aromatic rings. The second-order valence-corrected chi connectivity index (χ2v) is 10.3. The molecule has 33 heavy (non-hydrogen) atoms. The summed E-state index contributed by atoms with van der Waals surface area (Å²) in [6.45, 7) is 0.126. The molecule has 3 aromatic carbocycles. The summed E-state index contributed by atoms with van der Waals surface area (Å²) in [4.78, 5) is 25.6. The second kappa shape index (κ2) is 11.6. The summed E-state index contributed by atoms with van der Waals surface area (Å²) in [5, 5.41) is 0. The average Bonchev–Trinajstić information content (AvgIpc) is 3.19. The molecule has 0 saturated carbocycles. The Bertz CT molecular complexity index is 1060. The third-order valence-electron chi connectivity index (χ3n) is 4.39. The number of benzene rings is 3. The normalized spacial score (nSPS) is 15.3. The lowest BCUT2D eigenvalue weighted by Gasteiger charge is -2.09. The molecule has 7 nitrogen and oxygen atoms in total. The van der Waals surface area contributed by atoms with Crippen molar-refractivity contribution in [1.29, 1.82) is 0 Å². The van der Waals surface area contributed by atoms with Crippen molar-refractivity contribution in [3.63, 3.8) is 0 Å². The maximum atomic E-state index is 10.8. The van der Waals surface area contributed by atoms with E-state index in [9.17, 15) is 22.6 Å². The third-order valence-corrected chi connectivity index (χ3v) is 7.21. The first-order chi connectivity index (χ1) is 15.8. The van der Waals surface area contributed by atoms with Gasteiger partial charge in [-0.25, -0.2) is 13.2 Å². The van der Waals surface area contributed by atoms with Crippen LogP contribution in [0.2, 0.25) is 0 Å². The monoisotopic (exact) mass is 486 g/mol. The lowest BCUT2D eigenvalue weighted by molar-refractivity contribution is -0.158. The van der Waals surface area contributed by atoms with Gasteiger partial charge in [0.25, 0.3) is 0 Å². The van der Waals surface area contributed by atoms with Crippen LogP contribution in [-0.4, -0.2) is 43.4 Å². The third kappa shape index (κ3) is 7.74. The fourth-order valence-corrected chi connectivity index (χ4v) is 5.46. The first kappa shape index (κ1) is 24.5. The van der Waals surface area contributed by atoms with Crippen LogP contribution in [0.4, 0.5) is 0 Å². The number of esters is 2. The Balaban J connectivity index is 0.000000196. The van der Waals surface area contributed by atoms with E-state index in [1.165, 1.54) is 14.7 Å². The highest BCUT2D eigenvalue weighted by Gasteiger charge is 2.30. The smallest absolute Gasteiger partial charge is 0.347 e. The highest BCUT2D eigenvalue weighted by atomic mass is 32.2. The van der Waals surface area contributed by atoms with Gasteiger partial charge >= 0.3 is 11.9 Å². The van der Waals surface area contributed by atoms with Gasteiger partial charge in [0.2, 0.25) is 6.10 Å². The van der Waals surface area contributed by atoms with E-state index in [2.05, 4.69) is 100 Å². The van der Waals surface area contributed by atoms with Gasteiger partial charge in [-0.3, -0.25) is 4.79 Å². The standard InChI is InChI=1S/C18H15S.C6H8O7S/c1-4-10-16(11-5-1)19(17-12-6-2-7-13-17)18-14-8-3-9-15-18;7-5(3-14(9,10)11)13-4-1-2-12-6(4)8/h1-15H;4H,1-3H2,(H,9,10,11)/q+1;/p-1. The first-order valence-electron chi connectivity index (χ1n) is 10.0. The van der Waals surface area contributed by atoms with E-state index in [0.29, 0.717) is 0 Å². The zero-order chi connectivity index (χ0) is 23.7. The van der Waals surface area contributed by atoms with Gasteiger partial charge in [0.1, 0.15) is 15.9 Å². The van der Waals surface area contributed by atoms with Crippen molar-refractivity contribution in [3.05, 3.63) is 91.0 Å². The quantitative estimate of drug-likeness (QED) is 0.299. The van der Waals surface area contributed by atoms with Crippen molar-refractivity contribution >= 4 is 33.0 Å². The first-order valence-corrected chi connectivity index (χ1v) is 12.8. The molecule has 1 heterocycles. The molecule has 0 amide bonds. The summed E-state index contributed by atoms with van der Waals surface area (Å²) >= 11 is 0. The fourth-order valence-electron chi connectivity index (χ4n) is 3.00. The molecule has 4 rings (SSSR count). The van der Waals surface area contributed by atoms with Crippen LogP contribution in [0.15, 0.2) is 106 Å². The number of carbonyl (C=O) groups is 2. The number of hydrogen-bond acceptors (Lipinski definition) is 7. The Hall–Kier alpha value is -3.14. The maximum Gasteiger partial charge on any atom is 0.347 e. The van der Waals surface area contributed by atoms with Crippen LogP contribution in [0, 0.1) is 0 Å². The second-order valence-electron chi connectivity index (χ2n) is 6.88. The van der Waals surface area contributed by atoms with Crippen molar-refractivity contribution in [1.82, 2.24) is 0 Å². The van der Waals surface area contributed by atoms with Gasteiger partial charge in [0.15, 0.2) is 14.7 Å². The minimum atomic E-state index is -4.66. The van der Waals surface area contributed by atoms with Gasteiger partial charge in [-0.2, -0.15) is 0 Å². The molecule has 172 valence electrons. The summed E-state index contributed by atoms with van der Waals surface area (Å²) in [6, 6.07) is 32.2. The van der Waals surface area contributed by atoms with Crippen LogP contribution in [0.3, 0.4) is 0 Å². The molecule has 0 radical (unpaired) electrons. The van der Waals surface area contributed by atoms with E-state index in [1.54, 1.807) is 0 Å².